The number of amides is 3. The van der Waals surface area contributed by atoms with Gasteiger partial charge < -0.3 is 34.8 Å². The van der Waals surface area contributed by atoms with Crippen LogP contribution in [0.25, 0.3) is 22.0 Å². The topological polar surface area (TPSA) is 157 Å². The van der Waals surface area contributed by atoms with Gasteiger partial charge in [-0.05, 0) is 104 Å². The summed E-state index contributed by atoms with van der Waals surface area (Å²) < 4.78 is 12.7. The van der Waals surface area contributed by atoms with Gasteiger partial charge >= 0.3 is 6.09 Å². The van der Waals surface area contributed by atoms with Gasteiger partial charge in [-0.1, -0.05) is 87.5 Å². The number of aromatic amines is 1. The highest BCUT2D eigenvalue weighted by atomic mass is 28.4. The molecule has 0 unspecified atom stereocenters. The Labute approximate surface area is 384 Å². The summed E-state index contributed by atoms with van der Waals surface area (Å²) in [4.78, 5) is 56.2. The van der Waals surface area contributed by atoms with E-state index in [0.29, 0.717) is 56.8 Å². The molecule has 1 aromatic heterocycles. The van der Waals surface area contributed by atoms with Crippen molar-refractivity contribution in [3.8, 4) is 16.9 Å². The molecule has 3 amide bonds. The SMILES string of the molecule is CN(CCCC(=O)Nc1cccc(CCNC[C@@H](O[Si](C)(C)C(C)(C)C)c2ccc(O)c3[nH]c(=O)ccc23)c1)C(=O)CCOC(=O)N(c1ccccc1-c1ccccc1)N1CC[CH]CC1. The van der Waals surface area contributed by atoms with Gasteiger partial charge in [-0.2, -0.15) is 0 Å². The van der Waals surface area contributed by atoms with Gasteiger partial charge in [-0.3, -0.25) is 14.4 Å². The lowest BCUT2D eigenvalue weighted by Crippen LogP contribution is -2.50. The van der Waals surface area contributed by atoms with Crippen LogP contribution in [-0.2, 0) is 25.2 Å². The lowest BCUT2D eigenvalue weighted by Gasteiger charge is -2.39. The number of para-hydroxylation sites is 1. The number of anilines is 2. The molecular weight excluding hydrogens is 837 g/mol. The van der Waals surface area contributed by atoms with Crippen molar-refractivity contribution in [2.45, 2.75) is 83.5 Å². The Morgan fingerprint density at radius 3 is 2.40 bits per heavy atom. The minimum atomic E-state index is -2.22. The zero-order valence-electron chi connectivity index (χ0n) is 38.7. The normalized spacial score (nSPS) is 13.9. The molecule has 4 N–H and O–H groups in total. The zero-order valence-corrected chi connectivity index (χ0v) is 39.7. The summed E-state index contributed by atoms with van der Waals surface area (Å²) in [5.74, 6) is -0.304. The molecule has 4 aromatic carbocycles. The van der Waals surface area contributed by atoms with Crippen LogP contribution in [0.1, 0.15) is 70.1 Å². The van der Waals surface area contributed by atoms with Crippen molar-refractivity contribution in [1.29, 1.82) is 0 Å². The maximum atomic E-state index is 13.7. The van der Waals surface area contributed by atoms with E-state index in [1.807, 2.05) is 89.9 Å². The van der Waals surface area contributed by atoms with E-state index in [1.165, 1.54) is 6.07 Å². The van der Waals surface area contributed by atoms with Crippen molar-refractivity contribution in [3.05, 3.63) is 131 Å². The molecule has 14 heteroatoms. The number of phenolic OH excluding ortho intramolecular Hbond substituents is 1. The van der Waals surface area contributed by atoms with Gasteiger partial charge in [0.25, 0.3) is 0 Å². The molecule has 0 spiro atoms. The number of aromatic hydroxyl groups is 1. The van der Waals surface area contributed by atoms with Crippen molar-refractivity contribution < 1.29 is 28.7 Å². The summed E-state index contributed by atoms with van der Waals surface area (Å²) in [6, 6.07) is 32.2. The molecule has 345 valence electrons. The predicted molar refractivity (Wildman–Crippen MR) is 261 cm³/mol. The predicted octanol–water partition coefficient (Wildman–Crippen LogP) is 9.22. The Balaban J connectivity index is 0.956. The highest BCUT2D eigenvalue weighted by Gasteiger charge is 2.40. The molecule has 0 saturated carbocycles. The summed E-state index contributed by atoms with van der Waals surface area (Å²) in [6.45, 7) is 13.9. The van der Waals surface area contributed by atoms with Crippen LogP contribution in [0, 0.1) is 6.42 Å². The number of H-pyrrole nitrogens is 1. The Morgan fingerprint density at radius 2 is 1.65 bits per heavy atom. The van der Waals surface area contributed by atoms with E-state index in [9.17, 15) is 24.3 Å². The average molecular weight is 902 g/mol. The van der Waals surface area contributed by atoms with Crippen molar-refractivity contribution in [3.63, 3.8) is 0 Å². The first kappa shape index (κ1) is 48.6. The molecule has 1 aliphatic rings. The van der Waals surface area contributed by atoms with E-state index in [1.54, 1.807) is 29.1 Å². The summed E-state index contributed by atoms with van der Waals surface area (Å²) in [5.41, 5.74) is 5.38. The van der Waals surface area contributed by atoms with Crippen LogP contribution in [0.5, 0.6) is 5.75 Å². The number of carbonyl (C=O) groups excluding carboxylic acids is 3. The molecule has 1 aliphatic heterocycles. The fourth-order valence-electron chi connectivity index (χ4n) is 7.68. The summed E-state index contributed by atoms with van der Waals surface area (Å²) in [7, 11) is -0.526. The first-order valence-electron chi connectivity index (χ1n) is 22.7. The Bertz CT molecular complexity index is 2450. The number of hydrazine groups is 1. The van der Waals surface area contributed by atoms with E-state index >= 15 is 0 Å². The second kappa shape index (κ2) is 22.4. The van der Waals surface area contributed by atoms with Gasteiger partial charge in [0.2, 0.25) is 17.4 Å². The quantitative estimate of drug-likeness (QED) is 0.0469. The van der Waals surface area contributed by atoms with E-state index < -0.39 is 14.4 Å². The van der Waals surface area contributed by atoms with Crippen LogP contribution in [0.15, 0.2) is 108 Å². The molecule has 2 heterocycles. The molecule has 1 saturated heterocycles. The molecular formula is C51H65N6O7Si. The maximum Gasteiger partial charge on any atom is 0.429 e. The minimum absolute atomic E-state index is 0.0127. The van der Waals surface area contributed by atoms with E-state index in [2.05, 4.69) is 55.9 Å². The van der Waals surface area contributed by atoms with Crippen LogP contribution in [-0.4, -0.2) is 92.6 Å². The number of benzene rings is 4. The van der Waals surface area contributed by atoms with Crippen molar-refractivity contribution in [2.24, 2.45) is 0 Å². The number of aromatic nitrogens is 1. The third-order valence-electron chi connectivity index (χ3n) is 12.3. The second-order valence-corrected chi connectivity index (χ2v) is 22.9. The molecule has 0 bridgehead atoms. The largest absolute Gasteiger partial charge is 0.506 e. The lowest BCUT2D eigenvalue weighted by molar-refractivity contribution is -0.131. The molecule has 13 nitrogen and oxygen atoms in total. The average Bonchev–Trinajstić information content (AvgIpc) is 3.28. The molecule has 6 rings (SSSR count). The number of hydrogen-bond acceptors (Lipinski definition) is 9. The molecule has 1 fully saturated rings. The van der Waals surface area contributed by atoms with Gasteiger partial charge in [-0.15, -0.1) is 0 Å². The smallest absolute Gasteiger partial charge is 0.429 e. The highest BCUT2D eigenvalue weighted by Crippen LogP contribution is 2.41. The van der Waals surface area contributed by atoms with E-state index in [4.69, 9.17) is 9.16 Å². The molecule has 65 heavy (non-hydrogen) atoms. The number of rotatable bonds is 19. The molecule has 1 atom stereocenters. The Morgan fingerprint density at radius 1 is 0.908 bits per heavy atom. The number of carbonyl (C=O) groups is 3. The van der Waals surface area contributed by atoms with Crippen LogP contribution < -0.4 is 21.2 Å². The third-order valence-corrected chi connectivity index (χ3v) is 16.8. The van der Waals surface area contributed by atoms with Gasteiger partial charge in [0.05, 0.1) is 23.7 Å². The van der Waals surface area contributed by atoms with E-state index in [-0.39, 0.29) is 53.7 Å². The van der Waals surface area contributed by atoms with Gasteiger partial charge in [0.15, 0.2) is 8.32 Å². The second-order valence-electron chi connectivity index (χ2n) is 18.2. The van der Waals surface area contributed by atoms with Crippen LogP contribution >= 0.6 is 0 Å². The number of hydrogen-bond donors (Lipinski definition) is 4. The summed E-state index contributed by atoms with van der Waals surface area (Å²) in [5, 5.41) is 21.4. The number of pyridine rings is 1. The summed E-state index contributed by atoms with van der Waals surface area (Å²) in [6.07, 6.45) is 4.52. The number of piperidine rings is 1. The Hall–Kier alpha value is -5.80. The van der Waals surface area contributed by atoms with E-state index in [0.717, 1.165) is 46.2 Å². The first-order valence-corrected chi connectivity index (χ1v) is 25.6. The molecule has 0 aliphatic carbocycles. The van der Waals surface area contributed by atoms with Crippen molar-refractivity contribution >= 4 is 48.5 Å². The number of ether oxygens (including phenoxy) is 1. The minimum Gasteiger partial charge on any atom is -0.506 e. The van der Waals surface area contributed by atoms with Crippen LogP contribution in [0.3, 0.4) is 0 Å². The number of nitrogens with one attached hydrogen (secondary N) is 3. The summed E-state index contributed by atoms with van der Waals surface area (Å²) >= 11 is 0. The fourth-order valence-corrected chi connectivity index (χ4v) is 8.96. The van der Waals surface area contributed by atoms with Gasteiger partial charge in [0, 0.05) is 62.4 Å². The number of fused-ring (bicyclic) bond motifs is 1. The maximum absolute atomic E-state index is 13.7. The lowest BCUT2D eigenvalue weighted by atomic mass is 10.0. The van der Waals surface area contributed by atoms with Crippen molar-refractivity contribution in [2.75, 3.05) is 56.7 Å². The zero-order chi connectivity index (χ0) is 46.6. The molecule has 1 radical (unpaired) electrons. The van der Waals surface area contributed by atoms with Crippen LogP contribution in [0.2, 0.25) is 18.1 Å². The van der Waals surface area contributed by atoms with Gasteiger partial charge in [-0.25, -0.2) is 14.8 Å². The Kier molecular flexibility index (Phi) is 16.8. The first-order chi connectivity index (χ1) is 31.1. The van der Waals surface area contributed by atoms with Gasteiger partial charge in [0.1, 0.15) is 12.4 Å². The standard InChI is InChI=1S/C51H65N6O7Si/c1-51(2,3)65(5,6)64-45(41-24-26-44(58)49-42(41)25-27-47(60)54-49)36-52-30-28-37-17-15-20-39(35-37)53-46(59)23-16-31-55(4)48(61)29-34-63-50(62)57(56-32-13-8-14-33-56)43-22-12-11-21-40(43)38-18-9-7-10-19-38/h7-12,15,17-22,24-27,35,45,52,58H,13-14,16,23,28-34,36H2,1-6H3,(H,53,59)(H,54,60)/t45-/m1/s1. The number of nitrogens with zero attached hydrogens (tertiary/aromatic N) is 3. The fraction of sp³-hybridized carbons (Fsp3) is 0.392. The third kappa shape index (κ3) is 13.2. The molecule has 5 aromatic rings. The highest BCUT2D eigenvalue weighted by molar-refractivity contribution is 6.74. The monoisotopic (exact) mass is 901 g/mol. The van der Waals surface area contributed by atoms with Crippen molar-refractivity contribution in [1.82, 2.24) is 20.2 Å². The van der Waals surface area contributed by atoms with Crippen LogP contribution in [0.4, 0.5) is 16.2 Å². The number of phenols is 1.